The second kappa shape index (κ2) is 3.98. The lowest BCUT2D eigenvalue weighted by Gasteiger charge is -2.28. The molecule has 0 amide bonds. The molecule has 1 saturated carbocycles. The molecule has 0 spiro atoms. The van der Waals surface area contributed by atoms with Crippen LogP contribution in [-0.2, 0) is 0 Å². The third-order valence-corrected chi connectivity index (χ3v) is 3.29. The van der Waals surface area contributed by atoms with Crippen molar-refractivity contribution in [2.24, 2.45) is 11.8 Å². The highest BCUT2D eigenvalue weighted by atomic mass is 16.3. The predicted octanol–water partition coefficient (Wildman–Crippen LogP) is -0.725. The van der Waals surface area contributed by atoms with E-state index in [0.29, 0.717) is 12.0 Å². The first-order chi connectivity index (χ1) is 6.45. The van der Waals surface area contributed by atoms with E-state index < -0.39 is 11.7 Å². The zero-order valence-corrected chi connectivity index (χ0v) is 8.35. The molecule has 0 unspecified atom stereocenters. The Balaban J connectivity index is 2.82. The van der Waals surface area contributed by atoms with Gasteiger partial charge in [-0.25, -0.2) is 0 Å². The minimum absolute atomic E-state index is 0.167. The van der Waals surface area contributed by atoms with Crippen molar-refractivity contribution in [2.45, 2.75) is 25.0 Å². The Morgan fingerprint density at radius 3 is 2.43 bits per heavy atom. The molecule has 0 bridgehead atoms. The summed E-state index contributed by atoms with van der Waals surface area (Å²) in [5.74, 6) is -0.682. The summed E-state index contributed by atoms with van der Waals surface area (Å²) >= 11 is 0. The molecule has 0 aromatic heterocycles. The Morgan fingerprint density at radius 2 is 2.07 bits per heavy atom. The molecule has 1 aliphatic carbocycles. The van der Waals surface area contributed by atoms with Crippen LogP contribution in [0.1, 0.15) is 13.3 Å². The molecular weight excluding hydrogens is 184 g/mol. The van der Waals surface area contributed by atoms with Crippen molar-refractivity contribution in [3.63, 3.8) is 0 Å². The highest BCUT2D eigenvalue weighted by Gasteiger charge is 2.50. The van der Waals surface area contributed by atoms with Crippen LogP contribution < -0.4 is 0 Å². The van der Waals surface area contributed by atoms with E-state index in [1.807, 2.05) is 0 Å². The van der Waals surface area contributed by atoms with Gasteiger partial charge in [0.05, 0.1) is 18.3 Å². The van der Waals surface area contributed by atoms with Gasteiger partial charge in [-0.1, -0.05) is 6.58 Å². The maximum atomic E-state index is 9.90. The highest BCUT2D eigenvalue weighted by Crippen LogP contribution is 2.42. The Labute approximate surface area is 83.5 Å². The van der Waals surface area contributed by atoms with Gasteiger partial charge in [0.25, 0.3) is 0 Å². The van der Waals surface area contributed by atoms with Crippen molar-refractivity contribution in [3.8, 4) is 0 Å². The van der Waals surface area contributed by atoms with E-state index in [9.17, 15) is 10.2 Å². The number of rotatable bonds is 3. The third kappa shape index (κ3) is 1.70. The molecular formula is C10H18O4. The van der Waals surface area contributed by atoms with Crippen LogP contribution in [0.2, 0.25) is 0 Å². The van der Waals surface area contributed by atoms with E-state index in [4.69, 9.17) is 10.2 Å². The molecule has 4 nitrogen and oxygen atoms in total. The fraction of sp³-hybridized carbons (Fsp3) is 0.800. The van der Waals surface area contributed by atoms with E-state index in [-0.39, 0.29) is 25.0 Å². The topological polar surface area (TPSA) is 80.9 Å². The quantitative estimate of drug-likeness (QED) is 0.455. The van der Waals surface area contributed by atoms with Crippen LogP contribution >= 0.6 is 0 Å². The lowest BCUT2D eigenvalue weighted by molar-refractivity contribution is -0.0834. The molecule has 4 N–H and O–H groups in total. The standard InChI is InChI=1S/C10H18O4/c1-6(4-11)8-3-7(5-12)10(2,14)9(8)13/h7-9,11-14H,1,3-5H2,2H3/t7-,8+,9+,10+/m1/s1. The normalized spacial score (nSPS) is 42.8. The van der Waals surface area contributed by atoms with Gasteiger partial charge in [-0.15, -0.1) is 0 Å². The molecule has 0 radical (unpaired) electrons. The van der Waals surface area contributed by atoms with E-state index in [0.717, 1.165) is 0 Å². The van der Waals surface area contributed by atoms with Gasteiger partial charge in [-0.2, -0.15) is 0 Å². The minimum Gasteiger partial charge on any atom is -0.396 e. The first kappa shape index (κ1) is 11.7. The molecule has 0 saturated heterocycles. The fourth-order valence-electron chi connectivity index (χ4n) is 2.09. The summed E-state index contributed by atoms with van der Waals surface area (Å²) < 4.78 is 0. The molecule has 1 fully saturated rings. The van der Waals surface area contributed by atoms with Crippen LogP contribution in [0.4, 0.5) is 0 Å². The Hall–Kier alpha value is -0.420. The van der Waals surface area contributed by atoms with Gasteiger partial charge in [0.1, 0.15) is 0 Å². The Bertz CT molecular complexity index is 224. The van der Waals surface area contributed by atoms with Crippen molar-refractivity contribution in [2.75, 3.05) is 13.2 Å². The maximum Gasteiger partial charge on any atom is 0.0933 e. The second-order valence-electron chi connectivity index (χ2n) is 4.21. The van der Waals surface area contributed by atoms with Crippen LogP contribution in [0.5, 0.6) is 0 Å². The lowest BCUT2D eigenvalue weighted by Crippen LogP contribution is -2.43. The fourth-order valence-corrected chi connectivity index (χ4v) is 2.09. The van der Waals surface area contributed by atoms with Gasteiger partial charge >= 0.3 is 0 Å². The Morgan fingerprint density at radius 1 is 1.50 bits per heavy atom. The van der Waals surface area contributed by atoms with Gasteiger partial charge in [-0.05, 0) is 18.9 Å². The summed E-state index contributed by atoms with van der Waals surface area (Å²) in [6.45, 7) is 4.77. The summed E-state index contributed by atoms with van der Waals surface area (Å²) in [6, 6.07) is 0. The van der Waals surface area contributed by atoms with E-state index in [2.05, 4.69) is 6.58 Å². The van der Waals surface area contributed by atoms with Crippen molar-refractivity contribution < 1.29 is 20.4 Å². The largest absolute Gasteiger partial charge is 0.396 e. The third-order valence-electron chi connectivity index (χ3n) is 3.29. The maximum absolute atomic E-state index is 9.90. The average Bonchev–Trinajstić information content (AvgIpc) is 2.38. The number of aliphatic hydroxyl groups is 4. The SMILES string of the molecule is C=C(CO)[C@@H]1C[C@H](CO)[C@](C)(O)[C@H]1O. The van der Waals surface area contributed by atoms with Crippen LogP contribution in [-0.4, -0.2) is 45.3 Å². The van der Waals surface area contributed by atoms with Crippen LogP contribution in [0, 0.1) is 11.8 Å². The first-order valence-corrected chi connectivity index (χ1v) is 4.75. The number of aliphatic hydroxyl groups excluding tert-OH is 3. The lowest BCUT2D eigenvalue weighted by atomic mass is 9.91. The molecule has 0 heterocycles. The number of hydrogen-bond acceptors (Lipinski definition) is 4. The van der Waals surface area contributed by atoms with Crippen molar-refractivity contribution in [1.82, 2.24) is 0 Å². The monoisotopic (exact) mass is 202 g/mol. The van der Waals surface area contributed by atoms with Gasteiger partial charge in [0.15, 0.2) is 0 Å². The number of hydrogen-bond donors (Lipinski definition) is 4. The zero-order chi connectivity index (χ0) is 10.9. The summed E-state index contributed by atoms with van der Waals surface area (Å²) in [7, 11) is 0. The van der Waals surface area contributed by atoms with Crippen LogP contribution in [0.3, 0.4) is 0 Å². The molecule has 82 valence electrons. The van der Waals surface area contributed by atoms with Crippen molar-refractivity contribution in [3.05, 3.63) is 12.2 Å². The summed E-state index contributed by atoms with van der Waals surface area (Å²) in [5.41, 5.74) is -0.786. The van der Waals surface area contributed by atoms with Crippen LogP contribution in [0.15, 0.2) is 12.2 Å². The van der Waals surface area contributed by atoms with Gasteiger partial charge in [0, 0.05) is 18.4 Å². The van der Waals surface area contributed by atoms with Gasteiger partial charge < -0.3 is 20.4 Å². The van der Waals surface area contributed by atoms with E-state index in [1.54, 1.807) is 0 Å². The zero-order valence-electron chi connectivity index (χ0n) is 8.35. The predicted molar refractivity (Wildman–Crippen MR) is 51.5 cm³/mol. The molecule has 0 aliphatic heterocycles. The van der Waals surface area contributed by atoms with E-state index >= 15 is 0 Å². The van der Waals surface area contributed by atoms with E-state index in [1.165, 1.54) is 6.92 Å². The summed E-state index contributed by atoms with van der Waals surface area (Å²) in [4.78, 5) is 0. The molecule has 1 rings (SSSR count). The average molecular weight is 202 g/mol. The van der Waals surface area contributed by atoms with Crippen molar-refractivity contribution in [1.29, 1.82) is 0 Å². The van der Waals surface area contributed by atoms with Crippen molar-refractivity contribution >= 4 is 0 Å². The minimum atomic E-state index is -1.29. The highest BCUT2D eigenvalue weighted by molar-refractivity contribution is 5.13. The van der Waals surface area contributed by atoms with Gasteiger partial charge in [0.2, 0.25) is 0 Å². The van der Waals surface area contributed by atoms with Crippen LogP contribution in [0.25, 0.3) is 0 Å². The van der Waals surface area contributed by atoms with Gasteiger partial charge in [-0.3, -0.25) is 0 Å². The second-order valence-corrected chi connectivity index (χ2v) is 4.21. The molecule has 0 aromatic rings. The Kier molecular flexibility index (Phi) is 3.32. The molecule has 14 heavy (non-hydrogen) atoms. The smallest absolute Gasteiger partial charge is 0.0933 e. The summed E-state index contributed by atoms with van der Waals surface area (Å²) in [5, 5.41) is 37.6. The molecule has 4 heteroatoms. The first-order valence-electron chi connectivity index (χ1n) is 4.75. The molecule has 1 aliphatic rings. The summed E-state index contributed by atoms with van der Waals surface area (Å²) in [6.07, 6.45) is -0.497. The molecule has 4 atom stereocenters. The molecule has 0 aromatic carbocycles.